The number of nitrogens with zero attached hydrogens (tertiary/aromatic N) is 8. The second-order valence-corrected chi connectivity index (χ2v) is 7.29. The molecule has 6 rings (SSSR count). The van der Waals surface area contributed by atoms with Crippen molar-refractivity contribution in [1.29, 1.82) is 0 Å². The number of anilines is 1. The smallest absolute Gasteiger partial charge is 0.286 e. The highest BCUT2D eigenvalue weighted by Crippen LogP contribution is 2.36. The van der Waals surface area contributed by atoms with E-state index in [2.05, 4.69) is 34.9 Å². The summed E-state index contributed by atoms with van der Waals surface area (Å²) in [6.07, 6.45) is 7.71. The van der Waals surface area contributed by atoms with Crippen molar-refractivity contribution in [3.05, 3.63) is 71.3 Å². The van der Waals surface area contributed by atoms with Gasteiger partial charge in [0.05, 0.1) is 12.4 Å². The predicted molar refractivity (Wildman–Crippen MR) is 120 cm³/mol. The van der Waals surface area contributed by atoms with Gasteiger partial charge in [0.2, 0.25) is 0 Å². The molecule has 0 amide bonds. The average Bonchev–Trinajstić information content (AvgIpc) is 3.53. The molecule has 10 nitrogen and oxygen atoms in total. The fourth-order valence-corrected chi connectivity index (χ4v) is 4.23. The van der Waals surface area contributed by atoms with Crippen molar-refractivity contribution in [2.75, 3.05) is 11.4 Å². The second kappa shape index (κ2) is 7.71. The second-order valence-electron chi connectivity index (χ2n) is 7.29. The number of aromatic nitrogens is 8. The van der Waals surface area contributed by atoms with Gasteiger partial charge in [-0.15, -0.1) is 0 Å². The van der Waals surface area contributed by atoms with Crippen LogP contribution in [0, 0.1) is 5.82 Å². The first kappa shape index (κ1) is 20.1. The van der Waals surface area contributed by atoms with Crippen molar-refractivity contribution < 1.29 is 4.39 Å². The molecule has 1 atom stereocenters. The normalized spacial score (nSPS) is 16.0. The van der Waals surface area contributed by atoms with Gasteiger partial charge < -0.3 is 9.88 Å². The first-order valence-corrected chi connectivity index (χ1v) is 9.84. The van der Waals surface area contributed by atoms with Crippen LogP contribution >= 0.6 is 13.5 Å². The molecule has 0 unspecified atom stereocenters. The Hall–Kier alpha value is -3.80. The largest absolute Gasteiger partial charge is 0.344 e. The first-order valence-electron chi connectivity index (χ1n) is 9.84. The standard InChI is InChI=1S/C20H16FN9O.H2S/c21-12-6-9-29-16(12)20(31)30(14-5-1-2-7-22-14)18(27-29)13-4-3-8-28(13)19-15-17(24-10-23-15)25-11-26-19;/h1-2,5-7,9-11,13H,3-4,8H2,(H,23,24,25,26);1H2/t13-;/m0./s1. The molecule has 0 saturated carbocycles. The minimum atomic E-state index is -0.619. The van der Waals surface area contributed by atoms with Crippen LogP contribution in [0.25, 0.3) is 22.5 Å². The zero-order valence-electron chi connectivity index (χ0n) is 16.7. The molecular weight excluding hydrogens is 433 g/mol. The number of nitrogens with one attached hydrogen (secondary N) is 1. The van der Waals surface area contributed by atoms with Gasteiger partial charge in [-0.25, -0.2) is 33.4 Å². The molecule has 0 radical (unpaired) electrons. The molecule has 12 heteroatoms. The number of imidazole rings is 1. The molecule has 162 valence electrons. The van der Waals surface area contributed by atoms with Gasteiger partial charge in [-0.05, 0) is 31.0 Å². The zero-order valence-corrected chi connectivity index (χ0v) is 17.7. The third kappa shape index (κ3) is 2.94. The average molecular weight is 451 g/mol. The van der Waals surface area contributed by atoms with Crippen LogP contribution in [-0.4, -0.2) is 45.6 Å². The lowest BCUT2D eigenvalue weighted by Gasteiger charge is -2.27. The number of pyridine rings is 1. The maximum atomic E-state index is 14.4. The minimum Gasteiger partial charge on any atom is -0.344 e. The summed E-state index contributed by atoms with van der Waals surface area (Å²) < 4.78 is 17.1. The molecule has 0 aliphatic carbocycles. The Labute approximate surface area is 187 Å². The van der Waals surface area contributed by atoms with Crippen LogP contribution in [0.15, 0.2) is 54.1 Å². The summed E-state index contributed by atoms with van der Waals surface area (Å²) in [5.74, 6) is 0.924. The lowest BCUT2D eigenvalue weighted by molar-refractivity contribution is 0.590. The van der Waals surface area contributed by atoms with Gasteiger partial charge in [0.15, 0.2) is 28.6 Å². The number of hydrogen-bond donors (Lipinski definition) is 1. The molecule has 6 heterocycles. The van der Waals surface area contributed by atoms with E-state index >= 15 is 0 Å². The summed E-state index contributed by atoms with van der Waals surface area (Å²) in [6.45, 7) is 0.714. The fourth-order valence-electron chi connectivity index (χ4n) is 4.23. The number of halogens is 1. The Kier molecular flexibility index (Phi) is 4.85. The van der Waals surface area contributed by atoms with Gasteiger partial charge in [0, 0.05) is 18.9 Å². The number of rotatable bonds is 3. The van der Waals surface area contributed by atoms with Crippen LogP contribution in [-0.2, 0) is 0 Å². The van der Waals surface area contributed by atoms with E-state index in [-0.39, 0.29) is 25.1 Å². The fraction of sp³-hybridized carbons (Fsp3) is 0.200. The molecule has 0 bridgehead atoms. The SMILES string of the molecule is O=c1c2c(F)ccn2nc([C@@H]2CCCN2c2ncnc3nc[nH]c23)n1-c1ccccn1.S. The lowest BCUT2D eigenvalue weighted by Crippen LogP contribution is -2.34. The monoisotopic (exact) mass is 451 g/mol. The van der Waals surface area contributed by atoms with Crippen molar-refractivity contribution in [2.45, 2.75) is 18.9 Å². The maximum Gasteiger partial charge on any atom is 0.286 e. The summed E-state index contributed by atoms with van der Waals surface area (Å²) in [6, 6.07) is 6.21. The van der Waals surface area contributed by atoms with Crippen molar-refractivity contribution in [2.24, 2.45) is 0 Å². The number of hydrogen-bond acceptors (Lipinski definition) is 7. The Morgan fingerprint density at radius 1 is 1.12 bits per heavy atom. The van der Waals surface area contributed by atoms with E-state index in [1.807, 2.05) is 0 Å². The maximum absolute atomic E-state index is 14.4. The molecule has 1 N–H and O–H groups in total. The van der Waals surface area contributed by atoms with E-state index in [9.17, 15) is 9.18 Å². The minimum absolute atomic E-state index is 0. The Bertz CT molecular complexity index is 1480. The summed E-state index contributed by atoms with van der Waals surface area (Å²) >= 11 is 0. The Morgan fingerprint density at radius 2 is 2.03 bits per heavy atom. The summed E-state index contributed by atoms with van der Waals surface area (Å²) in [4.78, 5) is 35.7. The summed E-state index contributed by atoms with van der Waals surface area (Å²) in [5, 5.41) is 4.65. The van der Waals surface area contributed by atoms with Gasteiger partial charge in [-0.2, -0.15) is 18.6 Å². The summed E-state index contributed by atoms with van der Waals surface area (Å²) in [7, 11) is 0. The Balaban J connectivity index is 0.00000216. The topological polar surface area (TPSA) is 110 Å². The lowest BCUT2D eigenvalue weighted by atomic mass is 10.2. The molecular formula is C20H18FN9OS. The van der Waals surface area contributed by atoms with Gasteiger partial charge in [-0.3, -0.25) is 4.79 Å². The van der Waals surface area contributed by atoms with E-state index in [0.29, 0.717) is 35.2 Å². The van der Waals surface area contributed by atoms with Gasteiger partial charge in [0.25, 0.3) is 5.56 Å². The van der Waals surface area contributed by atoms with E-state index in [1.165, 1.54) is 27.7 Å². The van der Waals surface area contributed by atoms with Crippen molar-refractivity contribution in [3.63, 3.8) is 0 Å². The van der Waals surface area contributed by atoms with Crippen LogP contribution in [0.4, 0.5) is 10.2 Å². The molecule has 1 saturated heterocycles. The van der Waals surface area contributed by atoms with Crippen LogP contribution in [0.1, 0.15) is 24.7 Å². The first-order chi connectivity index (χ1) is 15.2. The van der Waals surface area contributed by atoms with Crippen molar-refractivity contribution in [1.82, 2.24) is 39.1 Å². The molecule has 5 aromatic heterocycles. The third-order valence-electron chi connectivity index (χ3n) is 5.57. The summed E-state index contributed by atoms with van der Waals surface area (Å²) in [5.41, 5.74) is 0.659. The highest BCUT2D eigenvalue weighted by molar-refractivity contribution is 7.59. The third-order valence-corrected chi connectivity index (χ3v) is 5.57. The van der Waals surface area contributed by atoms with E-state index in [0.717, 1.165) is 12.8 Å². The number of aromatic amines is 1. The number of H-pyrrole nitrogens is 1. The molecule has 1 aliphatic heterocycles. The molecule has 0 spiro atoms. The van der Waals surface area contributed by atoms with Crippen LogP contribution in [0.2, 0.25) is 0 Å². The van der Waals surface area contributed by atoms with Gasteiger partial charge >= 0.3 is 0 Å². The molecule has 5 aromatic rings. The van der Waals surface area contributed by atoms with Gasteiger partial charge in [0.1, 0.15) is 17.7 Å². The molecule has 1 aliphatic rings. The molecule has 0 aromatic carbocycles. The quantitative estimate of drug-likeness (QED) is 0.447. The van der Waals surface area contributed by atoms with E-state index in [4.69, 9.17) is 0 Å². The highest BCUT2D eigenvalue weighted by Gasteiger charge is 2.34. The van der Waals surface area contributed by atoms with E-state index in [1.54, 1.807) is 30.7 Å². The zero-order chi connectivity index (χ0) is 20.9. The van der Waals surface area contributed by atoms with Crippen molar-refractivity contribution >= 4 is 36.0 Å². The molecule has 32 heavy (non-hydrogen) atoms. The Morgan fingerprint density at radius 3 is 2.88 bits per heavy atom. The number of fused-ring (bicyclic) bond motifs is 2. The van der Waals surface area contributed by atoms with Crippen LogP contribution in [0.3, 0.4) is 0 Å². The van der Waals surface area contributed by atoms with Crippen LogP contribution < -0.4 is 10.5 Å². The molecule has 1 fully saturated rings. The van der Waals surface area contributed by atoms with Gasteiger partial charge in [-0.1, -0.05) is 6.07 Å². The predicted octanol–water partition coefficient (Wildman–Crippen LogP) is 2.14. The van der Waals surface area contributed by atoms with E-state index < -0.39 is 11.4 Å². The van der Waals surface area contributed by atoms with Crippen molar-refractivity contribution in [3.8, 4) is 5.82 Å². The van der Waals surface area contributed by atoms with Crippen LogP contribution in [0.5, 0.6) is 0 Å². The highest BCUT2D eigenvalue weighted by atomic mass is 32.1.